The quantitative estimate of drug-likeness (QED) is 0.345. The van der Waals surface area contributed by atoms with Gasteiger partial charge in [0.05, 0.1) is 20.3 Å². The number of nitrogens with one attached hydrogen (secondary N) is 1. The Morgan fingerprint density at radius 3 is 2.56 bits per heavy atom. The first kappa shape index (κ1) is 24.0. The molecule has 1 aliphatic heterocycles. The lowest BCUT2D eigenvalue weighted by Crippen LogP contribution is -2.40. The van der Waals surface area contributed by atoms with Crippen LogP contribution in [0.4, 0.5) is 0 Å². The summed E-state index contributed by atoms with van der Waals surface area (Å²) < 4.78 is 10.6. The lowest BCUT2D eigenvalue weighted by Gasteiger charge is -2.29. The first-order valence-corrected chi connectivity index (χ1v) is 9.54. The smallest absolute Gasteiger partial charge is 0.193 e. The minimum Gasteiger partial charge on any atom is -0.497 e. The maximum Gasteiger partial charge on any atom is 0.193 e. The van der Waals surface area contributed by atoms with Crippen LogP contribution in [-0.4, -0.2) is 75.9 Å². The van der Waals surface area contributed by atoms with E-state index < -0.39 is 0 Å². The average Bonchev–Trinajstić information content (AvgIpc) is 2.66. The van der Waals surface area contributed by atoms with Gasteiger partial charge in [0, 0.05) is 46.3 Å². The maximum atomic E-state index is 5.42. The van der Waals surface area contributed by atoms with Gasteiger partial charge in [-0.3, -0.25) is 9.89 Å². The number of nitrogens with zero attached hydrogens (tertiary/aromatic N) is 3. The summed E-state index contributed by atoms with van der Waals surface area (Å²) >= 11 is 0. The molecule has 154 valence electrons. The van der Waals surface area contributed by atoms with Crippen molar-refractivity contribution < 1.29 is 9.47 Å². The van der Waals surface area contributed by atoms with E-state index in [-0.39, 0.29) is 24.0 Å². The Morgan fingerprint density at radius 1 is 1.30 bits per heavy atom. The van der Waals surface area contributed by atoms with Crippen molar-refractivity contribution in [1.29, 1.82) is 0 Å². The monoisotopic (exact) mass is 490 g/mol. The molecule has 7 heteroatoms. The number of methoxy groups -OCH3 is 1. The minimum absolute atomic E-state index is 0. The Hall–Kier alpha value is -1.06. The third-order valence-electron chi connectivity index (χ3n) is 4.50. The van der Waals surface area contributed by atoms with Crippen LogP contribution in [0.5, 0.6) is 5.75 Å². The third-order valence-corrected chi connectivity index (χ3v) is 4.50. The van der Waals surface area contributed by atoms with Gasteiger partial charge in [0.25, 0.3) is 0 Å². The van der Waals surface area contributed by atoms with Crippen LogP contribution in [0, 0.1) is 5.92 Å². The van der Waals surface area contributed by atoms with E-state index in [1.54, 1.807) is 7.11 Å². The normalized spacial score (nSPS) is 16.4. The Bertz CT molecular complexity index is 547. The fourth-order valence-electron chi connectivity index (χ4n) is 3.07. The van der Waals surface area contributed by atoms with Gasteiger partial charge in [-0.2, -0.15) is 0 Å². The molecular weight excluding hydrogens is 455 g/mol. The SMILES string of the molecule is CCNC(=NCC(C)CN1CCOCC1)N(C)Cc1ccc(OC)cc1.I. The van der Waals surface area contributed by atoms with Crippen LogP contribution >= 0.6 is 24.0 Å². The Balaban J connectivity index is 0.00000364. The zero-order valence-corrected chi connectivity index (χ0v) is 19.4. The van der Waals surface area contributed by atoms with E-state index in [4.69, 9.17) is 14.5 Å². The van der Waals surface area contributed by atoms with Crippen molar-refractivity contribution in [2.45, 2.75) is 20.4 Å². The fourth-order valence-corrected chi connectivity index (χ4v) is 3.07. The van der Waals surface area contributed by atoms with E-state index in [0.717, 1.165) is 64.2 Å². The Morgan fingerprint density at radius 2 is 1.96 bits per heavy atom. The molecule has 0 aliphatic carbocycles. The third kappa shape index (κ3) is 8.66. The topological polar surface area (TPSA) is 49.3 Å². The van der Waals surface area contributed by atoms with E-state index in [9.17, 15) is 0 Å². The Kier molecular flexibility index (Phi) is 11.7. The molecule has 1 heterocycles. The average molecular weight is 490 g/mol. The van der Waals surface area contributed by atoms with Gasteiger partial charge >= 0.3 is 0 Å². The molecule has 1 unspecified atom stereocenters. The highest BCUT2D eigenvalue weighted by atomic mass is 127. The molecule has 1 saturated heterocycles. The van der Waals surface area contributed by atoms with Gasteiger partial charge in [-0.05, 0) is 30.5 Å². The number of halogens is 1. The van der Waals surface area contributed by atoms with Crippen LogP contribution < -0.4 is 10.1 Å². The molecule has 0 radical (unpaired) electrons. The largest absolute Gasteiger partial charge is 0.497 e. The predicted molar refractivity (Wildman–Crippen MR) is 122 cm³/mol. The standard InChI is InChI=1S/C20H34N4O2.HI/c1-5-21-20(22-14-17(2)15-24-10-12-26-13-11-24)23(3)16-18-6-8-19(25-4)9-7-18;/h6-9,17H,5,10-16H2,1-4H3,(H,21,22);1H. The molecule has 0 amide bonds. The van der Waals surface area contributed by atoms with Gasteiger partial charge in [0.2, 0.25) is 0 Å². The molecule has 27 heavy (non-hydrogen) atoms. The van der Waals surface area contributed by atoms with E-state index in [1.165, 1.54) is 5.56 Å². The fraction of sp³-hybridized carbons (Fsp3) is 0.650. The predicted octanol–water partition coefficient (Wildman–Crippen LogP) is 2.68. The molecule has 1 fully saturated rings. The molecule has 1 aromatic carbocycles. The number of aliphatic imine (C=N–C) groups is 1. The lowest BCUT2D eigenvalue weighted by atomic mass is 10.1. The number of benzene rings is 1. The van der Waals surface area contributed by atoms with Gasteiger partial charge in [0.1, 0.15) is 5.75 Å². The number of guanidine groups is 1. The van der Waals surface area contributed by atoms with Gasteiger partial charge in [-0.1, -0.05) is 19.1 Å². The van der Waals surface area contributed by atoms with Gasteiger partial charge < -0.3 is 19.7 Å². The van der Waals surface area contributed by atoms with Crippen molar-refractivity contribution >= 4 is 29.9 Å². The summed E-state index contributed by atoms with van der Waals surface area (Å²) in [5.74, 6) is 2.36. The van der Waals surface area contributed by atoms with Gasteiger partial charge in [-0.15, -0.1) is 24.0 Å². The summed E-state index contributed by atoms with van der Waals surface area (Å²) in [6, 6.07) is 8.19. The summed E-state index contributed by atoms with van der Waals surface area (Å²) in [6.45, 7) is 11.7. The van der Waals surface area contributed by atoms with E-state index in [2.05, 4.69) is 48.1 Å². The number of hydrogen-bond donors (Lipinski definition) is 1. The Labute approximate surface area is 181 Å². The van der Waals surface area contributed by atoms with Crippen molar-refractivity contribution in [2.24, 2.45) is 10.9 Å². The molecule has 1 aliphatic rings. The van der Waals surface area contributed by atoms with Crippen molar-refractivity contribution in [3.8, 4) is 5.75 Å². The number of morpholine rings is 1. The number of ether oxygens (including phenoxy) is 2. The van der Waals surface area contributed by atoms with Gasteiger partial charge in [0.15, 0.2) is 5.96 Å². The summed E-state index contributed by atoms with van der Waals surface area (Å²) in [5, 5.41) is 3.40. The molecule has 1 atom stereocenters. The molecular formula is C20H35IN4O2. The number of rotatable bonds is 8. The van der Waals surface area contributed by atoms with Crippen molar-refractivity contribution in [3.63, 3.8) is 0 Å². The van der Waals surface area contributed by atoms with Crippen LogP contribution in [0.1, 0.15) is 19.4 Å². The summed E-state index contributed by atoms with van der Waals surface area (Å²) in [7, 11) is 3.77. The summed E-state index contributed by atoms with van der Waals surface area (Å²) in [6.07, 6.45) is 0. The minimum atomic E-state index is 0. The molecule has 1 N–H and O–H groups in total. The zero-order valence-electron chi connectivity index (χ0n) is 17.1. The van der Waals surface area contributed by atoms with Crippen molar-refractivity contribution in [1.82, 2.24) is 15.1 Å². The van der Waals surface area contributed by atoms with E-state index >= 15 is 0 Å². The van der Waals surface area contributed by atoms with Crippen LogP contribution in [0.15, 0.2) is 29.3 Å². The second-order valence-electron chi connectivity index (χ2n) is 6.92. The van der Waals surface area contributed by atoms with Crippen LogP contribution in [-0.2, 0) is 11.3 Å². The van der Waals surface area contributed by atoms with Crippen molar-refractivity contribution in [2.75, 3.05) is 60.1 Å². The summed E-state index contributed by atoms with van der Waals surface area (Å²) in [5.41, 5.74) is 1.24. The molecule has 0 aromatic heterocycles. The second kappa shape index (κ2) is 13.2. The summed E-state index contributed by atoms with van der Waals surface area (Å²) in [4.78, 5) is 9.50. The van der Waals surface area contributed by atoms with Crippen LogP contribution in [0.25, 0.3) is 0 Å². The molecule has 6 nitrogen and oxygen atoms in total. The lowest BCUT2D eigenvalue weighted by molar-refractivity contribution is 0.0323. The van der Waals surface area contributed by atoms with Crippen molar-refractivity contribution in [3.05, 3.63) is 29.8 Å². The van der Waals surface area contributed by atoms with E-state index in [0.29, 0.717) is 5.92 Å². The zero-order chi connectivity index (χ0) is 18.8. The first-order chi connectivity index (χ1) is 12.6. The van der Waals surface area contributed by atoms with E-state index in [1.807, 2.05) is 12.1 Å². The number of hydrogen-bond acceptors (Lipinski definition) is 4. The molecule has 0 spiro atoms. The second-order valence-corrected chi connectivity index (χ2v) is 6.92. The molecule has 0 bridgehead atoms. The van der Waals surface area contributed by atoms with Crippen LogP contribution in [0.2, 0.25) is 0 Å². The van der Waals surface area contributed by atoms with Gasteiger partial charge in [-0.25, -0.2) is 0 Å². The molecule has 0 saturated carbocycles. The first-order valence-electron chi connectivity index (χ1n) is 9.54. The molecule has 1 aromatic rings. The molecule has 2 rings (SSSR count). The maximum absolute atomic E-state index is 5.42. The highest BCUT2D eigenvalue weighted by Crippen LogP contribution is 2.12. The van der Waals surface area contributed by atoms with Crippen LogP contribution in [0.3, 0.4) is 0 Å². The highest BCUT2D eigenvalue weighted by Gasteiger charge is 2.14. The highest BCUT2D eigenvalue weighted by molar-refractivity contribution is 14.0.